The van der Waals surface area contributed by atoms with Crippen molar-refractivity contribution >= 4 is 17.4 Å². The fourth-order valence-electron chi connectivity index (χ4n) is 3.60. The molecule has 150 valence electrons. The van der Waals surface area contributed by atoms with Gasteiger partial charge in [-0.1, -0.05) is 41.9 Å². The van der Waals surface area contributed by atoms with Crippen molar-refractivity contribution in [1.82, 2.24) is 14.5 Å². The lowest BCUT2D eigenvalue weighted by Crippen LogP contribution is -2.43. The Morgan fingerprint density at radius 2 is 1.90 bits per heavy atom. The van der Waals surface area contributed by atoms with Crippen LogP contribution in [0.1, 0.15) is 24.1 Å². The van der Waals surface area contributed by atoms with Crippen molar-refractivity contribution < 1.29 is 4.74 Å². The second kappa shape index (κ2) is 7.77. The van der Waals surface area contributed by atoms with Crippen molar-refractivity contribution in [3.05, 3.63) is 85.5 Å². The van der Waals surface area contributed by atoms with E-state index in [0.717, 1.165) is 5.56 Å². The Balaban J connectivity index is 1.75. The number of nitrogens with zero attached hydrogens (tertiary/aromatic N) is 2. The maximum atomic E-state index is 12.6. The molecular formula is C21H21ClN4O3. The van der Waals surface area contributed by atoms with Gasteiger partial charge in [-0.2, -0.15) is 0 Å². The van der Waals surface area contributed by atoms with E-state index in [1.54, 1.807) is 18.2 Å². The lowest BCUT2D eigenvalue weighted by atomic mass is 10.1. The Kier molecular flexibility index (Phi) is 5.17. The first-order valence-corrected chi connectivity index (χ1v) is 9.62. The molecule has 0 spiro atoms. The molecule has 29 heavy (non-hydrogen) atoms. The third-order valence-electron chi connectivity index (χ3n) is 5.24. The monoisotopic (exact) mass is 412 g/mol. The van der Waals surface area contributed by atoms with Gasteiger partial charge in [0.1, 0.15) is 11.6 Å². The summed E-state index contributed by atoms with van der Waals surface area (Å²) in [6, 6.07) is 15.2. The molecule has 0 saturated heterocycles. The van der Waals surface area contributed by atoms with E-state index in [1.165, 1.54) is 11.7 Å². The second-order valence-electron chi connectivity index (χ2n) is 6.91. The van der Waals surface area contributed by atoms with Crippen LogP contribution in [0.5, 0.6) is 5.75 Å². The fourth-order valence-corrected chi connectivity index (χ4v) is 3.85. The van der Waals surface area contributed by atoms with Crippen LogP contribution in [0.15, 0.2) is 58.1 Å². The molecule has 1 atom stereocenters. The van der Waals surface area contributed by atoms with Gasteiger partial charge in [0.25, 0.3) is 5.56 Å². The molecule has 2 heterocycles. The van der Waals surface area contributed by atoms with Gasteiger partial charge in [0.05, 0.1) is 30.1 Å². The summed E-state index contributed by atoms with van der Waals surface area (Å²) in [5.74, 6) is 0.995. The first kappa shape index (κ1) is 19.3. The highest BCUT2D eigenvalue weighted by molar-refractivity contribution is 6.32. The third kappa shape index (κ3) is 3.54. The molecule has 0 saturated carbocycles. The van der Waals surface area contributed by atoms with Crippen LogP contribution in [0.2, 0.25) is 5.02 Å². The van der Waals surface area contributed by atoms with Gasteiger partial charge in [-0.15, -0.1) is 0 Å². The number of hydrogen-bond acceptors (Lipinski definition) is 5. The largest absolute Gasteiger partial charge is 0.495 e. The van der Waals surface area contributed by atoms with Crippen LogP contribution in [-0.2, 0) is 6.54 Å². The smallest absolute Gasteiger partial charge is 0.334 e. The van der Waals surface area contributed by atoms with Gasteiger partial charge < -0.3 is 10.1 Å². The van der Waals surface area contributed by atoms with Crippen LogP contribution in [0, 0.1) is 0 Å². The molecule has 1 aromatic heterocycles. The number of H-pyrrole nitrogens is 1. The van der Waals surface area contributed by atoms with Gasteiger partial charge >= 0.3 is 5.69 Å². The minimum atomic E-state index is -0.521. The number of halogens is 1. The van der Waals surface area contributed by atoms with E-state index in [4.69, 9.17) is 16.3 Å². The fraction of sp³-hybridized carbons (Fsp3) is 0.238. The number of fused-ring (bicyclic) bond motifs is 1. The molecule has 2 N–H and O–H groups in total. The summed E-state index contributed by atoms with van der Waals surface area (Å²) in [7, 11) is 1.53. The Morgan fingerprint density at radius 1 is 1.14 bits per heavy atom. The van der Waals surface area contributed by atoms with Crippen molar-refractivity contribution in [2.24, 2.45) is 0 Å². The van der Waals surface area contributed by atoms with Crippen molar-refractivity contribution in [2.45, 2.75) is 19.5 Å². The molecular weight excluding hydrogens is 392 g/mol. The Bertz CT molecular complexity index is 1160. The predicted molar refractivity (Wildman–Crippen MR) is 113 cm³/mol. The molecule has 2 aromatic carbocycles. The normalized spacial score (nSPS) is 14.7. The Hall–Kier alpha value is -3.03. The van der Waals surface area contributed by atoms with E-state index in [9.17, 15) is 9.59 Å². The minimum absolute atomic E-state index is 0.104. The molecule has 0 amide bonds. The van der Waals surface area contributed by atoms with E-state index in [2.05, 4.69) is 34.3 Å². The van der Waals surface area contributed by atoms with Crippen molar-refractivity contribution in [2.75, 3.05) is 19.1 Å². The molecule has 0 aliphatic carbocycles. The number of methoxy groups -OCH3 is 1. The average Bonchev–Trinajstić information content (AvgIpc) is 2.74. The van der Waals surface area contributed by atoms with Gasteiger partial charge in [-0.3, -0.25) is 14.7 Å². The number of anilines is 1. The van der Waals surface area contributed by atoms with Crippen molar-refractivity contribution in [1.29, 1.82) is 0 Å². The Labute approximate surface area is 172 Å². The summed E-state index contributed by atoms with van der Waals surface area (Å²) in [4.78, 5) is 29.7. The number of aromatic nitrogens is 2. The number of ether oxygens (including phenoxy) is 1. The van der Waals surface area contributed by atoms with Gasteiger partial charge in [0, 0.05) is 12.6 Å². The lowest BCUT2D eigenvalue weighted by molar-refractivity contribution is 0.207. The summed E-state index contributed by atoms with van der Waals surface area (Å²) < 4.78 is 6.62. The zero-order chi connectivity index (χ0) is 20.5. The zero-order valence-corrected chi connectivity index (χ0v) is 16.9. The van der Waals surface area contributed by atoms with E-state index >= 15 is 0 Å². The van der Waals surface area contributed by atoms with E-state index in [1.807, 2.05) is 18.2 Å². The molecule has 7 nitrogen and oxygen atoms in total. The topological polar surface area (TPSA) is 79.4 Å². The van der Waals surface area contributed by atoms with Gasteiger partial charge in [-0.25, -0.2) is 9.36 Å². The maximum Gasteiger partial charge on any atom is 0.334 e. The summed E-state index contributed by atoms with van der Waals surface area (Å²) in [6.07, 6.45) is 0. The lowest BCUT2D eigenvalue weighted by Gasteiger charge is -2.35. The number of aromatic amines is 1. The van der Waals surface area contributed by atoms with Gasteiger partial charge in [0.2, 0.25) is 0 Å². The SMILES string of the molecule is COc1ccc(-n2c3c(c(=O)[nH]c2=O)CN(C(C)c2ccccc2)CN3)cc1Cl. The number of hydrogen-bond donors (Lipinski definition) is 2. The van der Waals surface area contributed by atoms with Crippen LogP contribution in [-0.4, -0.2) is 28.2 Å². The summed E-state index contributed by atoms with van der Waals surface area (Å²) in [6.45, 7) is 3.00. The molecule has 0 bridgehead atoms. The van der Waals surface area contributed by atoms with Crippen LogP contribution in [0.25, 0.3) is 5.69 Å². The van der Waals surface area contributed by atoms with Crippen LogP contribution >= 0.6 is 11.6 Å². The highest BCUT2D eigenvalue weighted by Crippen LogP contribution is 2.30. The van der Waals surface area contributed by atoms with Crippen LogP contribution in [0.4, 0.5) is 5.82 Å². The van der Waals surface area contributed by atoms with Crippen molar-refractivity contribution in [3.8, 4) is 11.4 Å². The van der Waals surface area contributed by atoms with E-state index in [0.29, 0.717) is 41.1 Å². The Morgan fingerprint density at radius 3 is 2.59 bits per heavy atom. The highest BCUT2D eigenvalue weighted by Gasteiger charge is 2.26. The molecule has 1 unspecified atom stereocenters. The van der Waals surface area contributed by atoms with Gasteiger partial charge in [0.15, 0.2) is 0 Å². The molecule has 8 heteroatoms. The molecule has 0 radical (unpaired) electrons. The first-order valence-electron chi connectivity index (χ1n) is 9.24. The molecule has 1 aliphatic heterocycles. The summed E-state index contributed by atoms with van der Waals surface area (Å²) in [5, 5.41) is 3.64. The minimum Gasteiger partial charge on any atom is -0.495 e. The molecule has 4 rings (SSSR count). The standard InChI is InChI=1S/C21H21ClN4O3/c1-13(14-6-4-3-5-7-14)25-11-16-19(23-12-25)26(21(28)24-20(16)27)15-8-9-18(29-2)17(22)10-15/h3-10,13,23H,11-12H2,1-2H3,(H,24,27,28). The van der Waals surface area contributed by atoms with Crippen LogP contribution in [0.3, 0.4) is 0 Å². The van der Waals surface area contributed by atoms with Gasteiger partial charge in [-0.05, 0) is 30.7 Å². The predicted octanol–water partition coefficient (Wildman–Crippen LogP) is 3.13. The van der Waals surface area contributed by atoms with E-state index in [-0.39, 0.29) is 6.04 Å². The molecule has 1 aliphatic rings. The highest BCUT2D eigenvalue weighted by atomic mass is 35.5. The summed E-state index contributed by atoms with van der Waals surface area (Å²) >= 11 is 6.24. The zero-order valence-electron chi connectivity index (χ0n) is 16.1. The molecule has 3 aromatic rings. The van der Waals surface area contributed by atoms with E-state index < -0.39 is 11.2 Å². The number of rotatable bonds is 4. The number of nitrogens with one attached hydrogen (secondary N) is 2. The number of benzene rings is 2. The second-order valence-corrected chi connectivity index (χ2v) is 7.32. The van der Waals surface area contributed by atoms with Crippen LogP contribution < -0.4 is 21.3 Å². The third-order valence-corrected chi connectivity index (χ3v) is 5.54. The first-order chi connectivity index (χ1) is 14.0. The summed E-state index contributed by atoms with van der Waals surface area (Å²) in [5.41, 5.74) is 1.30. The maximum absolute atomic E-state index is 12.6. The van der Waals surface area contributed by atoms with Crippen molar-refractivity contribution in [3.63, 3.8) is 0 Å². The molecule has 0 fully saturated rings. The average molecular weight is 413 g/mol. The quantitative estimate of drug-likeness (QED) is 0.688.